The van der Waals surface area contributed by atoms with Crippen molar-refractivity contribution in [1.29, 1.82) is 0 Å². The number of hydrogen-bond acceptors (Lipinski definition) is 4. The molecule has 6 nitrogen and oxygen atoms in total. The van der Waals surface area contributed by atoms with Gasteiger partial charge in [-0.05, 0) is 48.2 Å². The van der Waals surface area contributed by atoms with Crippen LogP contribution in [0.1, 0.15) is 33.3 Å². The Morgan fingerprint density at radius 3 is 2.25 bits per heavy atom. The predicted octanol–water partition coefficient (Wildman–Crippen LogP) is 3.79. The molecule has 0 aliphatic rings. The highest BCUT2D eigenvalue weighted by atomic mass is 32.2. The summed E-state index contributed by atoms with van der Waals surface area (Å²) in [6.45, 7) is 8.07. The Labute approximate surface area is 167 Å². The summed E-state index contributed by atoms with van der Waals surface area (Å²) in [4.78, 5) is 12.5. The maximum absolute atomic E-state index is 12.5. The van der Waals surface area contributed by atoms with Gasteiger partial charge < -0.3 is 10.1 Å². The third-order valence-electron chi connectivity index (χ3n) is 4.38. The molecule has 1 atom stereocenters. The highest BCUT2D eigenvalue weighted by Crippen LogP contribution is 2.25. The van der Waals surface area contributed by atoms with Crippen LogP contribution in [0.4, 0.5) is 11.4 Å². The number of anilines is 2. The molecule has 7 heteroatoms. The molecule has 2 aromatic carbocycles. The molecule has 0 saturated carbocycles. The van der Waals surface area contributed by atoms with Crippen LogP contribution in [-0.2, 0) is 20.2 Å². The maximum atomic E-state index is 12.5. The van der Waals surface area contributed by atoms with Crippen LogP contribution in [0, 0.1) is 0 Å². The molecule has 0 aliphatic carbocycles. The minimum atomic E-state index is -3.38. The van der Waals surface area contributed by atoms with Gasteiger partial charge in [0.05, 0.1) is 11.9 Å². The second-order valence-electron chi connectivity index (χ2n) is 7.80. The lowest BCUT2D eigenvalue weighted by molar-refractivity contribution is -0.122. The predicted molar refractivity (Wildman–Crippen MR) is 114 cm³/mol. The number of sulfonamides is 1. The lowest BCUT2D eigenvalue weighted by Gasteiger charge is -2.20. The van der Waals surface area contributed by atoms with Gasteiger partial charge in [0.25, 0.3) is 5.91 Å². The molecule has 2 aromatic rings. The summed E-state index contributed by atoms with van der Waals surface area (Å²) in [5.41, 5.74) is 2.19. The van der Waals surface area contributed by atoms with E-state index in [1.807, 2.05) is 24.3 Å². The number of carbonyl (C=O) groups is 1. The monoisotopic (exact) mass is 404 g/mol. The Kier molecular flexibility index (Phi) is 6.39. The highest BCUT2D eigenvalue weighted by molar-refractivity contribution is 7.92. The average molecular weight is 405 g/mol. The Balaban J connectivity index is 2.05. The normalized spacial score (nSPS) is 12.9. The summed E-state index contributed by atoms with van der Waals surface area (Å²) in [6, 6.07) is 14.3. The van der Waals surface area contributed by atoms with Crippen molar-refractivity contribution in [3.05, 3.63) is 54.1 Å². The van der Waals surface area contributed by atoms with Gasteiger partial charge in [-0.1, -0.05) is 39.0 Å². The molecule has 0 fully saturated rings. The molecule has 152 valence electrons. The highest BCUT2D eigenvalue weighted by Gasteiger charge is 2.18. The first-order chi connectivity index (χ1) is 12.9. The zero-order chi connectivity index (χ0) is 21.1. The molecule has 0 radical (unpaired) electrons. The van der Waals surface area contributed by atoms with Crippen molar-refractivity contribution in [3.8, 4) is 5.75 Å². The zero-order valence-corrected chi connectivity index (χ0v) is 18.0. The van der Waals surface area contributed by atoms with E-state index in [4.69, 9.17) is 4.74 Å². The van der Waals surface area contributed by atoms with Gasteiger partial charge in [-0.3, -0.25) is 9.10 Å². The third-order valence-corrected chi connectivity index (χ3v) is 5.58. The van der Waals surface area contributed by atoms with Crippen molar-refractivity contribution in [3.63, 3.8) is 0 Å². The molecular formula is C21H28N2O4S. The van der Waals surface area contributed by atoms with Crippen LogP contribution in [0.15, 0.2) is 48.5 Å². The Hall–Kier alpha value is -2.54. The lowest BCUT2D eigenvalue weighted by atomic mass is 9.87. The molecule has 0 heterocycles. The minimum absolute atomic E-state index is 0.0473. The zero-order valence-electron chi connectivity index (χ0n) is 17.2. The number of amides is 1. The van der Waals surface area contributed by atoms with Crippen LogP contribution in [0.25, 0.3) is 0 Å². The Bertz CT molecular complexity index is 932. The van der Waals surface area contributed by atoms with Gasteiger partial charge >= 0.3 is 0 Å². The number of carbonyl (C=O) groups excluding carboxylic acids is 1. The SMILES string of the molecule is C[C@@H](Oc1ccc(C(C)(C)C)cc1)C(=O)Nc1cccc(N(C)S(C)(=O)=O)c1. The van der Waals surface area contributed by atoms with Crippen LogP contribution >= 0.6 is 0 Å². The first kappa shape index (κ1) is 21.8. The third kappa shape index (κ3) is 5.73. The fourth-order valence-corrected chi connectivity index (χ4v) is 3.00. The van der Waals surface area contributed by atoms with Crippen molar-refractivity contribution in [2.75, 3.05) is 22.9 Å². The molecule has 2 rings (SSSR count). The summed E-state index contributed by atoms with van der Waals surface area (Å²) in [6.07, 6.45) is 0.413. The smallest absolute Gasteiger partial charge is 0.265 e. The van der Waals surface area contributed by atoms with E-state index < -0.39 is 16.1 Å². The summed E-state index contributed by atoms with van der Waals surface area (Å²) in [5.74, 6) is 0.292. The minimum Gasteiger partial charge on any atom is -0.481 e. The fourth-order valence-electron chi connectivity index (χ4n) is 2.51. The molecule has 0 aliphatic heterocycles. The van der Waals surface area contributed by atoms with E-state index in [1.165, 1.54) is 12.6 Å². The first-order valence-corrected chi connectivity index (χ1v) is 10.8. The van der Waals surface area contributed by atoms with Crippen LogP contribution in [-0.4, -0.2) is 33.7 Å². The van der Waals surface area contributed by atoms with Crippen molar-refractivity contribution in [2.24, 2.45) is 0 Å². The van der Waals surface area contributed by atoms with Crippen LogP contribution in [0.3, 0.4) is 0 Å². The van der Waals surface area contributed by atoms with Gasteiger partial charge in [-0.25, -0.2) is 8.42 Å². The summed E-state index contributed by atoms with van der Waals surface area (Å²) in [7, 11) is -1.91. The molecule has 1 amide bonds. The Morgan fingerprint density at radius 2 is 1.71 bits per heavy atom. The van der Waals surface area contributed by atoms with E-state index >= 15 is 0 Å². The van der Waals surface area contributed by atoms with Crippen molar-refractivity contribution in [2.45, 2.75) is 39.2 Å². The molecule has 0 saturated heterocycles. The molecule has 28 heavy (non-hydrogen) atoms. The quantitative estimate of drug-likeness (QED) is 0.795. The van der Waals surface area contributed by atoms with E-state index in [9.17, 15) is 13.2 Å². The second kappa shape index (κ2) is 8.22. The van der Waals surface area contributed by atoms with Gasteiger partial charge in [0.2, 0.25) is 10.0 Å². The molecule has 0 spiro atoms. The van der Waals surface area contributed by atoms with E-state index in [2.05, 4.69) is 26.1 Å². The second-order valence-corrected chi connectivity index (χ2v) is 9.82. The summed E-state index contributed by atoms with van der Waals surface area (Å²) in [5, 5.41) is 2.76. The lowest BCUT2D eigenvalue weighted by Crippen LogP contribution is -2.30. The number of ether oxygens (including phenoxy) is 1. The average Bonchev–Trinajstić information content (AvgIpc) is 2.60. The summed E-state index contributed by atoms with van der Waals surface area (Å²) >= 11 is 0. The van der Waals surface area contributed by atoms with Crippen LogP contribution in [0.2, 0.25) is 0 Å². The van der Waals surface area contributed by atoms with Crippen LogP contribution in [0.5, 0.6) is 5.75 Å². The molecular weight excluding hydrogens is 376 g/mol. The number of rotatable bonds is 6. The van der Waals surface area contributed by atoms with Gasteiger partial charge in [-0.15, -0.1) is 0 Å². The van der Waals surface area contributed by atoms with Crippen molar-refractivity contribution >= 4 is 27.3 Å². The summed E-state index contributed by atoms with van der Waals surface area (Å²) < 4.78 is 30.2. The van der Waals surface area contributed by atoms with Crippen molar-refractivity contribution in [1.82, 2.24) is 0 Å². The van der Waals surface area contributed by atoms with E-state index in [0.717, 1.165) is 10.6 Å². The molecule has 1 N–H and O–H groups in total. The van der Waals surface area contributed by atoms with Gasteiger partial charge in [-0.2, -0.15) is 0 Å². The Morgan fingerprint density at radius 1 is 1.11 bits per heavy atom. The number of benzene rings is 2. The van der Waals surface area contributed by atoms with Crippen molar-refractivity contribution < 1.29 is 17.9 Å². The number of nitrogens with one attached hydrogen (secondary N) is 1. The maximum Gasteiger partial charge on any atom is 0.265 e. The molecule has 0 unspecified atom stereocenters. The van der Waals surface area contributed by atoms with Crippen LogP contribution < -0.4 is 14.4 Å². The van der Waals surface area contributed by atoms with E-state index in [1.54, 1.807) is 31.2 Å². The topological polar surface area (TPSA) is 75.7 Å². The largest absolute Gasteiger partial charge is 0.481 e. The van der Waals surface area contributed by atoms with E-state index in [0.29, 0.717) is 17.1 Å². The number of nitrogens with zero attached hydrogens (tertiary/aromatic N) is 1. The van der Waals surface area contributed by atoms with Gasteiger partial charge in [0.15, 0.2) is 6.10 Å². The van der Waals surface area contributed by atoms with Gasteiger partial charge in [0, 0.05) is 12.7 Å². The molecule has 0 aromatic heterocycles. The van der Waals surface area contributed by atoms with E-state index in [-0.39, 0.29) is 11.3 Å². The fraction of sp³-hybridized carbons (Fsp3) is 0.381. The standard InChI is InChI=1S/C21H28N2O4S/c1-15(27-19-12-10-16(11-13-19)21(2,3)4)20(24)22-17-8-7-9-18(14-17)23(5)28(6,25)26/h7-15H,1-6H3,(H,22,24)/t15-/m1/s1. The number of hydrogen-bond donors (Lipinski definition) is 1. The first-order valence-electron chi connectivity index (χ1n) is 9.00. The molecule has 0 bridgehead atoms. The van der Waals surface area contributed by atoms with Gasteiger partial charge in [0.1, 0.15) is 5.75 Å².